The average molecular weight is 326 g/mol. The minimum Gasteiger partial charge on any atom is -0.481 e. The molecule has 0 bridgehead atoms. The summed E-state index contributed by atoms with van der Waals surface area (Å²) in [5, 5.41) is 2.69. The van der Waals surface area contributed by atoms with E-state index in [2.05, 4.69) is 5.32 Å². The number of hydrogen-bond acceptors (Lipinski definition) is 4. The summed E-state index contributed by atoms with van der Waals surface area (Å²) in [4.78, 5) is 34.4. The number of ketones is 1. The summed E-state index contributed by atoms with van der Waals surface area (Å²) < 4.78 is 5.55. The smallest absolute Gasteiger partial charge is 0.265 e. The van der Waals surface area contributed by atoms with Crippen LogP contribution < -0.4 is 15.8 Å². The first-order valence-electron chi connectivity index (χ1n) is 7.35. The second-order valence-corrected chi connectivity index (χ2v) is 5.27. The van der Waals surface area contributed by atoms with Crippen LogP contribution in [-0.4, -0.2) is 23.7 Å². The summed E-state index contributed by atoms with van der Waals surface area (Å²) in [6.45, 7) is 3.10. The van der Waals surface area contributed by atoms with Crippen molar-refractivity contribution in [3.63, 3.8) is 0 Å². The Hall–Kier alpha value is -3.15. The van der Waals surface area contributed by atoms with Crippen molar-refractivity contribution in [2.24, 2.45) is 5.73 Å². The van der Waals surface area contributed by atoms with Gasteiger partial charge in [0, 0.05) is 16.8 Å². The molecule has 124 valence electrons. The Bertz CT molecular complexity index is 752. The average Bonchev–Trinajstić information content (AvgIpc) is 2.55. The number of hydrogen-bond donors (Lipinski definition) is 2. The molecule has 0 fully saturated rings. The fourth-order valence-electron chi connectivity index (χ4n) is 1.99. The number of rotatable bonds is 6. The Kier molecular flexibility index (Phi) is 5.31. The van der Waals surface area contributed by atoms with Crippen molar-refractivity contribution in [3.05, 3.63) is 59.7 Å². The molecule has 0 aromatic heterocycles. The number of carbonyl (C=O) groups excluding carboxylic acids is 3. The molecule has 2 aromatic carbocycles. The van der Waals surface area contributed by atoms with Crippen LogP contribution in [0.15, 0.2) is 48.5 Å². The topological polar surface area (TPSA) is 98.5 Å². The van der Waals surface area contributed by atoms with Crippen molar-refractivity contribution in [2.75, 3.05) is 5.32 Å². The SMILES string of the molecule is CC(=O)c1ccc(OC(C)C(=O)Nc2ccc(C(N)=O)cc2)cc1. The van der Waals surface area contributed by atoms with Crippen LogP contribution in [0, 0.1) is 0 Å². The van der Waals surface area contributed by atoms with Crippen LogP contribution in [-0.2, 0) is 4.79 Å². The predicted molar refractivity (Wildman–Crippen MR) is 90.1 cm³/mol. The van der Waals surface area contributed by atoms with Crippen LogP contribution in [0.1, 0.15) is 34.6 Å². The van der Waals surface area contributed by atoms with Crippen molar-refractivity contribution >= 4 is 23.3 Å². The lowest BCUT2D eigenvalue weighted by molar-refractivity contribution is -0.122. The van der Waals surface area contributed by atoms with E-state index < -0.39 is 12.0 Å². The third-order valence-electron chi connectivity index (χ3n) is 3.38. The molecule has 0 aliphatic carbocycles. The molecule has 0 saturated heterocycles. The van der Waals surface area contributed by atoms with Gasteiger partial charge in [0.1, 0.15) is 5.75 Å². The molecule has 2 aromatic rings. The zero-order valence-electron chi connectivity index (χ0n) is 13.4. The molecule has 0 aliphatic rings. The number of benzene rings is 2. The maximum Gasteiger partial charge on any atom is 0.265 e. The number of nitrogens with two attached hydrogens (primary N) is 1. The lowest BCUT2D eigenvalue weighted by atomic mass is 10.1. The highest BCUT2D eigenvalue weighted by atomic mass is 16.5. The molecule has 0 spiro atoms. The molecule has 2 amide bonds. The first kappa shape index (κ1) is 17.2. The summed E-state index contributed by atoms with van der Waals surface area (Å²) in [7, 11) is 0. The Morgan fingerprint density at radius 1 is 0.958 bits per heavy atom. The van der Waals surface area contributed by atoms with E-state index >= 15 is 0 Å². The number of nitrogens with one attached hydrogen (secondary N) is 1. The number of Topliss-reactive ketones (excluding diaryl/α,β-unsaturated/α-hetero) is 1. The second-order valence-electron chi connectivity index (χ2n) is 5.27. The lowest BCUT2D eigenvalue weighted by Gasteiger charge is -2.15. The first-order chi connectivity index (χ1) is 11.4. The van der Waals surface area contributed by atoms with Crippen LogP contribution in [0.3, 0.4) is 0 Å². The summed E-state index contributed by atoms with van der Waals surface area (Å²) in [6.07, 6.45) is -0.732. The fraction of sp³-hybridized carbons (Fsp3) is 0.167. The highest BCUT2D eigenvalue weighted by molar-refractivity contribution is 5.96. The number of amides is 2. The van der Waals surface area contributed by atoms with E-state index in [-0.39, 0.29) is 11.7 Å². The van der Waals surface area contributed by atoms with E-state index in [4.69, 9.17) is 10.5 Å². The van der Waals surface area contributed by atoms with Crippen molar-refractivity contribution < 1.29 is 19.1 Å². The molecule has 0 radical (unpaired) electrons. The molecule has 1 unspecified atom stereocenters. The maximum absolute atomic E-state index is 12.1. The molecule has 1 atom stereocenters. The van der Waals surface area contributed by atoms with Crippen LogP contribution in [0.5, 0.6) is 5.75 Å². The quantitative estimate of drug-likeness (QED) is 0.796. The highest BCUT2D eigenvalue weighted by Crippen LogP contribution is 2.15. The van der Waals surface area contributed by atoms with E-state index in [0.29, 0.717) is 22.6 Å². The van der Waals surface area contributed by atoms with Gasteiger partial charge in [0.05, 0.1) is 0 Å². The number of anilines is 1. The van der Waals surface area contributed by atoms with E-state index in [1.54, 1.807) is 43.3 Å². The van der Waals surface area contributed by atoms with Crippen LogP contribution >= 0.6 is 0 Å². The monoisotopic (exact) mass is 326 g/mol. The van der Waals surface area contributed by atoms with Gasteiger partial charge in [-0.05, 0) is 62.4 Å². The normalized spacial score (nSPS) is 11.4. The van der Waals surface area contributed by atoms with Gasteiger partial charge in [-0.2, -0.15) is 0 Å². The molecule has 2 rings (SSSR count). The van der Waals surface area contributed by atoms with E-state index in [1.807, 2.05) is 0 Å². The molecule has 6 heteroatoms. The Morgan fingerprint density at radius 3 is 2.00 bits per heavy atom. The van der Waals surface area contributed by atoms with E-state index in [9.17, 15) is 14.4 Å². The number of primary amides is 1. The number of ether oxygens (including phenoxy) is 1. The molecular formula is C18H18N2O4. The third kappa shape index (κ3) is 4.42. The summed E-state index contributed by atoms with van der Waals surface area (Å²) in [6, 6.07) is 12.8. The van der Waals surface area contributed by atoms with Crippen LogP contribution in [0.4, 0.5) is 5.69 Å². The first-order valence-corrected chi connectivity index (χ1v) is 7.35. The second kappa shape index (κ2) is 7.41. The Balaban J connectivity index is 1.96. The minimum absolute atomic E-state index is 0.0354. The van der Waals surface area contributed by atoms with Gasteiger partial charge in [0.25, 0.3) is 5.91 Å². The van der Waals surface area contributed by atoms with Crippen molar-refractivity contribution in [2.45, 2.75) is 20.0 Å². The van der Waals surface area contributed by atoms with Crippen LogP contribution in [0.2, 0.25) is 0 Å². The minimum atomic E-state index is -0.732. The van der Waals surface area contributed by atoms with E-state index in [1.165, 1.54) is 19.1 Å². The van der Waals surface area contributed by atoms with Crippen molar-refractivity contribution in [1.29, 1.82) is 0 Å². The molecule has 0 saturated carbocycles. The standard InChI is InChI=1S/C18H18N2O4/c1-11(21)13-5-9-16(10-6-13)24-12(2)18(23)20-15-7-3-14(4-8-15)17(19)22/h3-10,12H,1-2H3,(H2,19,22)(H,20,23). The largest absolute Gasteiger partial charge is 0.481 e. The third-order valence-corrected chi connectivity index (χ3v) is 3.38. The van der Waals surface area contributed by atoms with Gasteiger partial charge in [0.15, 0.2) is 11.9 Å². The zero-order chi connectivity index (χ0) is 17.7. The Labute approximate surface area is 139 Å². The Morgan fingerprint density at radius 2 is 1.50 bits per heavy atom. The summed E-state index contributed by atoms with van der Waals surface area (Å²) in [5.41, 5.74) is 6.64. The molecule has 0 aliphatic heterocycles. The molecule has 24 heavy (non-hydrogen) atoms. The van der Waals surface area contributed by atoms with Crippen molar-refractivity contribution in [3.8, 4) is 5.75 Å². The van der Waals surface area contributed by atoms with Crippen molar-refractivity contribution in [1.82, 2.24) is 0 Å². The van der Waals surface area contributed by atoms with Gasteiger partial charge < -0.3 is 15.8 Å². The summed E-state index contributed by atoms with van der Waals surface area (Å²) >= 11 is 0. The van der Waals surface area contributed by atoms with Crippen LogP contribution in [0.25, 0.3) is 0 Å². The molecule has 6 nitrogen and oxygen atoms in total. The van der Waals surface area contributed by atoms with Gasteiger partial charge in [0.2, 0.25) is 5.91 Å². The zero-order valence-corrected chi connectivity index (χ0v) is 13.4. The summed E-state index contributed by atoms with van der Waals surface area (Å²) in [5.74, 6) is -0.408. The molecular weight excluding hydrogens is 308 g/mol. The molecule has 3 N–H and O–H groups in total. The highest BCUT2D eigenvalue weighted by Gasteiger charge is 2.15. The van der Waals surface area contributed by atoms with Gasteiger partial charge in [-0.1, -0.05) is 0 Å². The maximum atomic E-state index is 12.1. The van der Waals surface area contributed by atoms with Gasteiger partial charge in [-0.3, -0.25) is 14.4 Å². The number of carbonyl (C=O) groups is 3. The van der Waals surface area contributed by atoms with Gasteiger partial charge in [-0.15, -0.1) is 0 Å². The lowest BCUT2D eigenvalue weighted by Crippen LogP contribution is -2.30. The van der Waals surface area contributed by atoms with E-state index in [0.717, 1.165) is 0 Å². The fourth-order valence-corrected chi connectivity index (χ4v) is 1.99. The van der Waals surface area contributed by atoms with Gasteiger partial charge in [-0.25, -0.2) is 0 Å². The molecule has 0 heterocycles. The predicted octanol–water partition coefficient (Wildman–Crippen LogP) is 2.39. The van der Waals surface area contributed by atoms with Gasteiger partial charge >= 0.3 is 0 Å².